The molecular formula is C21H29Cl2FN2O2. The van der Waals surface area contributed by atoms with E-state index in [4.69, 9.17) is 4.74 Å². The Balaban J connectivity index is 0.00000196. The SMILES string of the molecule is Cc1ccc(OCC(O)CN2CCN(c3ccc(F)cc3)CC2)c(C)c1.Cl.Cl. The highest BCUT2D eigenvalue weighted by Gasteiger charge is 2.20. The average molecular weight is 431 g/mol. The Morgan fingerprint density at radius 1 is 1.00 bits per heavy atom. The molecule has 1 aliphatic rings. The van der Waals surface area contributed by atoms with Crippen molar-refractivity contribution in [3.05, 3.63) is 59.4 Å². The van der Waals surface area contributed by atoms with Crippen LogP contribution in [0.3, 0.4) is 0 Å². The van der Waals surface area contributed by atoms with E-state index in [1.54, 1.807) is 0 Å². The predicted molar refractivity (Wildman–Crippen MR) is 117 cm³/mol. The third-order valence-electron chi connectivity index (χ3n) is 4.79. The van der Waals surface area contributed by atoms with Gasteiger partial charge in [-0.15, -0.1) is 24.8 Å². The molecule has 1 fully saturated rings. The summed E-state index contributed by atoms with van der Waals surface area (Å²) in [5.41, 5.74) is 3.34. The molecule has 156 valence electrons. The fraction of sp³-hybridized carbons (Fsp3) is 0.429. The van der Waals surface area contributed by atoms with E-state index in [2.05, 4.69) is 22.8 Å². The minimum atomic E-state index is -0.520. The third kappa shape index (κ3) is 6.82. The first-order valence-electron chi connectivity index (χ1n) is 9.12. The van der Waals surface area contributed by atoms with E-state index in [1.807, 2.05) is 31.2 Å². The zero-order chi connectivity index (χ0) is 18.5. The Labute approximate surface area is 179 Å². The van der Waals surface area contributed by atoms with E-state index in [-0.39, 0.29) is 30.6 Å². The number of benzene rings is 2. The van der Waals surface area contributed by atoms with E-state index < -0.39 is 6.10 Å². The molecule has 0 saturated carbocycles. The monoisotopic (exact) mass is 430 g/mol. The average Bonchev–Trinajstić information content (AvgIpc) is 2.62. The van der Waals surface area contributed by atoms with E-state index in [0.29, 0.717) is 13.2 Å². The summed E-state index contributed by atoms with van der Waals surface area (Å²) < 4.78 is 18.8. The van der Waals surface area contributed by atoms with E-state index >= 15 is 0 Å². The van der Waals surface area contributed by atoms with Crippen LogP contribution in [0.1, 0.15) is 11.1 Å². The second-order valence-electron chi connectivity index (χ2n) is 7.00. The van der Waals surface area contributed by atoms with Crippen LogP contribution < -0.4 is 9.64 Å². The van der Waals surface area contributed by atoms with Gasteiger partial charge in [0.15, 0.2) is 0 Å². The molecule has 28 heavy (non-hydrogen) atoms. The first-order chi connectivity index (χ1) is 12.5. The van der Waals surface area contributed by atoms with Gasteiger partial charge in [0.2, 0.25) is 0 Å². The molecule has 1 heterocycles. The number of aryl methyl sites for hydroxylation is 2. The molecule has 0 amide bonds. The highest BCUT2D eigenvalue weighted by Crippen LogP contribution is 2.19. The molecule has 0 spiro atoms. The number of rotatable bonds is 6. The normalized spacial score (nSPS) is 15.4. The molecule has 3 rings (SSSR count). The van der Waals surface area contributed by atoms with Gasteiger partial charge >= 0.3 is 0 Å². The molecule has 0 bridgehead atoms. The van der Waals surface area contributed by atoms with Crippen molar-refractivity contribution in [3.63, 3.8) is 0 Å². The van der Waals surface area contributed by atoms with Crippen molar-refractivity contribution in [3.8, 4) is 5.75 Å². The van der Waals surface area contributed by atoms with Gasteiger partial charge in [-0.05, 0) is 49.7 Å². The largest absolute Gasteiger partial charge is 0.491 e. The van der Waals surface area contributed by atoms with Crippen LogP contribution in [0.4, 0.5) is 10.1 Å². The Kier molecular flexibility index (Phi) is 10.0. The summed E-state index contributed by atoms with van der Waals surface area (Å²) in [6.45, 7) is 8.45. The van der Waals surface area contributed by atoms with E-state index in [9.17, 15) is 9.50 Å². The van der Waals surface area contributed by atoms with Gasteiger partial charge in [0.05, 0.1) is 0 Å². The molecule has 2 aromatic carbocycles. The number of piperazine rings is 1. The third-order valence-corrected chi connectivity index (χ3v) is 4.79. The molecule has 0 aliphatic carbocycles. The quantitative estimate of drug-likeness (QED) is 0.754. The van der Waals surface area contributed by atoms with E-state index in [0.717, 1.165) is 43.2 Å². The molecule has 1 aliphatic heterocycles. The molecule has 2 aromatic rings. The van der Waals surface area contributed by atoms with Crippen molar-refractivity contribution in [1.82, 2.24) is 4.90 Å². The fourth-order valence-electron chi connectivity index (χ4n) is 3.34. The van der Waals surface area contributed by atoms with Gasteiger partial charge in [-0.25, -0.2) is 4.39 Å². The van der Waals surface area contributed by atoms with Gasteiger partial charge in [-0.1, -0.05) is 17.7 Å². The fourth-order valence-corrected chi connectivity index (χ4v) is 3.34. The number of hydrogen-bond acceptors (Lipinski definition) is 4. The lowest BCUT2D eigenvalue weighted by Gasteiger charge is -2.36. The van der Waals surface area contributed by atoms with Gasteiger partial charge in [0.25, 0.3) is 0 Å². The number of β-amino-alcohol motifs (C(OH)–C–C–N with tert-alkyl or cyclic N) is 1. The number of hydrogen-bond donors (Lipinski definition) is 1. The van der Waals surface area contributed by atoms with Gasteiger partial charge in [0, 0.05) is 38.4 Å². The number of aliphatic hydroxyl groups is 1. The maximum Gasteiger partial charge on any atom is 0.123 e. The zero-order valence-electron chi connectivity index (χ0n) is 16.3. The predicted octanol–water partition coefficient (Wildman–Crippen LogP) is 3.85. The van der Waals surface area contributed by atoms with Crippen molar-refractivity contribution < 1.29 is 14.2 Å². The Morgan fingerprint density at radius 2 is 1.64 bits per heavy atom. The Bertz CT molecular complexity index is 723. The van der Waals surface area contributed by atoms with Crippen LogP contribution in [0.15, 0.2) is 42.5 Å². The molecule has 1 unspecified atom stereocenters. The molecule has 0 radical (unpaired) electrons. The molecule has 1 N–H and O–H groups in total. The maximum absolute atomic E-state index is 13.0. The van der Waals surface area contributed by atoms with Crippen LogP contribution in [-0.4, -0.2) is 55.4 Å². The van der Waals surface area contributed by atoms with Crippen LogP contribution in [-0.2, 0) is 0 Å². The smallest absolute Gasteiger partial charge is 0.123 e. The first-order valence-corrected chi connectivity index (χ1v) is 9.12. The van der Waals surface area contributed by atoms with Gasteiger partial charge in [-0.3, -0.25) is 4.90 Å². The minimum absolute atomic E-state index is 0. The highest BCUT2D eigenvalue weighted by atomic mass is 35.5. The number of ether oxygens (including phenoxy) is 1. The summed E-state index contributed by atoms with van der Waals surface area (Å²) in [4.78, 5) is 4.49. The van der Waals surface area contributed by atoms with Gasteiger partial charge in [-0.2, -0.15) is 0 Å². The summed E-state index contributed by atoms with van der Waals surface area (Å²) in [6.07, 6.45) is -0.520. The molecule has 7 heteroatoms. The Morgan fingerprint density at radius 3 is 2.25 bits per heavy atom. The highest BCUT2D eigenvalue weighted by molar-refractivity contribution is 5.85. The number of nitrogens with zero attached hydrogens (tertiary/aromatic N) is 2. The van der Waals surface area contributed by atoms with Crippen LogP contribution in [0.2, 0.25) is 0 Å². The maximum atomic E-state index is 13.0. The second-order valence-corrected chi connectivity index (χ2v) is 7.00. The van der Waals surface area contributed by atoms with Gasteiger partial charge < -0.3 is 14.7 Å². The lowest BCUT2D eigenvalue weighted by Crippen LogP contribution is -2.49. The number of aliphatic hydroxyl groups excluding tert-OH is 1. The first kappa shape index (κ1) is 24.5. The molecule has 4 nitrogen and oxygen atoms in total. The summed E-state index contributed by atoms with van der Waals surface area (Å²) in [6, 6.07) is 12.7. The van der Waals surface area contributed by atoms with Crippen molar-refractivity contribution in [2.24, 2.45) is 0 Å². The molecule has 1 atom stereocenters. The molecule has 1 saturated heterocycles. The lowest BCUT2D eigenvalue weighted by molar-refractivity contribution is 0.0661. The van der Waals surface area contributed by atoms with Crippen LogP contribution >= 0.6 is 24.8 Å². The number of halogens is 3. The summed E-state index contributed by atoms with van der Waals surface area (Å²) in [5.74, 6) is 0.620. The van der Waals surface area contributed by atoms with Crippen LogP contribution in [0.5, 0.6) is 5.75 Å². The summed E-state index contributed by atoms with van der Waals surface area (Å²) in [5, 5.41) is 10.3. The lowest BCUT2D eigenvalue weighted by atomic mass is 10.1. The Hall–Kier alpha value is -1.53. The van der Waals surface area contributed by atoms with Crippen molar-refractivity contribution in [2.45, 2.75) is 20.0 Å². The summed E-state index contributed by atoms with van der Waals surface area (Å²) >= 11 is 0. The second kappa shape index (κ2) is 11.5. The molecular weight excluding hydrogens is 402 g/mol. The van der Waals surface area contributed by atoms with Crippen molar-refractivity contribution >= 4 is 30.5 Å². The van der Waals surface area contributed by atoms with Crippen molar-refractivity contribution in [1.29, 1.82) is 0 Å². The van der Waals surface area contributed by atoms with E-state index in [1.165, 1.54) is 17.7 Å². The minimum Gasteiger partial charge on any atom is -0.491 e. The van der Waals surface area contributed by atoms with Crippen LogP contribution in [0, 0.1) is 19.7 Å². The topological polar surface area (TPSA) is 35.9 Å². The summed E-state index contributed by atoms with van der Waals surface area (Å²) in [7, 11) is 0. The van der Waals surface area contributed by atoms with Gasteiger partial charge in [0.1, 0.15) is 24.3 Å². The zero-order valence-corrected chi connectivity index (χ0v) is 17.9. The molecule has 0 aromatic heterocycles. The van der Waals surface area contributed by atoms with Crippen LogP contribution in [0.25, 0.3) is 0 Å². The van der Waals surface area contributed by atoms with Crippen molar-refractivity contribution in [2.75, 3.05) is 44.2 Å². The standard InChI is InChI=1S/C21H27FN2O2.2ClH/c1-16-3-8-21(17(2)13-16)26-15-20(25)14-23-9-11-24(12-10-23)19-6-4-18(22)5-7-19;;/h3-8,13,20,25H,9-12,14-15H2,1-2H3;2*1H. The number of anilines is 1.